The molecular weight excluding hydrogens is 236 g/mol. The van der Waals surface area contributed by atoms with Crippen LogP contribution in [0.15, 0.2) is 6.20 Å². The van der Waals surface area contributed by atoms with Gasteiger partial charge in [-0.25, -0.2) is 4.98 Å². The fraction of sp³-hybridized carbons (Fsp3) is 0.667. The average Bonchev–Trinajstić information content (AvgIpc) is 3.08. The lowest BCUT2D eigenvalue weighted by Crippen LogP contribution is -2.10. The van der Waals surface area contributed by atoms with E-state index in [2.05, 4.69) is 34.4 Å². The van der Waals surface area contributed by atoms with Crippen LogP contribution in [0, 0.1) is 5.92 Å². The topological polar surface area (TPSA) is 49.8 Å². The van der Waals surface area contributed by atoms with Gasteiger partial charge >= 0.3 is 0 Å². The van der Waals surface area contributed by atoms with Crippen LogP contribution in [0.3, 0.4) is 0 Å². The predicted molar refractivity (Wildman–Crippen MR) is 71.6 cm³/mol. The Kier molecular flexibility index (Phi) is 4.05. The van der Waals surface area contributed by atoms with Gasteiger partial charge in [-0.1, -0.05) is 31.9 Å². The van der Waals surface area contributed by atoms with E-state index in [0.717, 1.165) is 24.7 Å². The van der Waals surface area contributed by atoms with E-state index in [0.29, 0.717) is 17.0 Å². The molecule has 4 nitrogen and oxygen atoms in total. The lowest BCUT2D eigenvalue weighted by molar-refractivity contribution is 0.773. The first-order chi connectivity index (χ1) is 8.24. The minimum Gasteiger partial charge on any atom is -0.366 e. The molecule has 2 unspecified atom stereocenters. The predicted octanol–water partition coefficient (Wildman–Crippen LogP) is 3.16. The quantitative estimate of drug-likeness (QED) is 0.819. The van der Waals surface area contributed by atoms with Crippen molar-refractivity contribution in [2.45, 2.75) is 39.2 Å². The molecule has 1 aliphatic carbocycles. The number of nitrogens with one attached hydrogen (secondary N) is 2. The summed E-state index contributed by atoms with van der Waals surface area (Å²) in [6.07, 6.45) is 5.13. The second-order valence-electron chi connectivity index (χ2n) is 4.47. The standard InChI is InChI=1S/C12H19ClN4/c1-3-5-14-12-15-7-9(13)11(17-12)16-10-6-8(10)4-2/h7-8,10H,3-6H2,1-2H3,(H2,14,15,16,17). The van der Waals surface area contributed by atoms with Crippen LogP contribution in [0.25, 0.3) is 0 Å². The Labute approximate surface area is 107 Å². The maximum absolute atomic E-state index is 6.08. The van der Waals surface area contributed by atoms with Gasteiger partial charge in [0, 0.05) is 12.6 Å². The number of hydrogen-bond donors (Lipinski definition) is 2. The molecule has 1 aliphatic rings. The van der Waals surface area contributed by atoms with Gasteiger partial charge in [0.25, 0.3) is 0 Å². The molecule has 2 atom stereocenters. The zero-order chi connectivity index (χ0) is 12.3. The van der Waals surface area contributed by atoms with Gasteiger partial charge < -0.3 is 10.6 Å². The number of halogens is 1. The Morgan fingerprint density at radius 2 is 2.29 bits per heavy atom. The normalized spacial score (nSPS) is 22.3. The molecule has 1 aromatic rings. The van der Waals surface area contributed by atoms with Gasteiger partial charge in [-0.2, -0.15) is 4.98 Å². The molecule has 0 spiro atoms. The Bertz CT molecular complexity index is 383. The molecule has 2 N–H and O–H groups in total. The van der Waals surface area contributed by atoms with Gasteiger partial charge in [0.1, 0.15) is 5.02 Å². The second kappa shape index (κ2) is 5.54. The summed E-state index contributed by atoms with van der Waals surface area (Å²) in [6, 6.07) is 0.534. The van der Waals surface area contributed by atoms with Crippen molar-refractivity contribution in [1.82, 2.24) is 9.97 Å². The lowest BCUT2D eigenvalue weighted by atomic mass is 10.3. The number of hydrogen-bond acceptors (Lipinski definition) is 4. The zero-order valence-corrected chi connectivity index (χ0v) is 11.1. The molecule has 0 aliphatic heterocycles. The van der Waals surface area contributed by atoms with Crippen molar-refractivity contribution >= 4 is 23.4 Å². The van der Waals surface area contributed by atoms with Gasteiger partial charge in [0.05, 0.1) is 6.20 Å². The maximum atomic E-state index is 6.08. The van der Waals surface area contributed by atoms with Gasteiger partial charge in [-0.05, 0) is 18.8 Å². The molecule has 0 saturated heterocycles. The van der Waals surface area contributed by atoms with Crippen molar-refractivity contribution in [1.29, 1.82) is 0 Å². The fourth-order valence-electron chi connectivity index (χ4n) is 1.84. The van der Waals surface area contributed by atoms with E-state index in [4.69, 9.17) is 11.6 Å². The molecule has 94 valence electrons. The molecule has 0 aromatic carbocycles. The highest BCUT2D eigenvalue weighted by atomic mass is 35.5. The second-order valence-corrected chi connectivity index (χ2v) is 4.88. The van der Waals surface area contributed by atoms with Crippen LogP contribution in [0.1, 0.15) is 33.1 Å². The summed E-state index contributed by atoms with van der Waals surface area (Å²) in [6.45, 7) is 5.20. The first-order valence-corrected chi connectivity index (χ1v) is 6.65. The third kappa shape index (κ3) is 3.22. The van der Waals surface area contributed by atoms with E-state index in [9.17, 15) is 0 Å². The zero-order valence-electron chi connectivity index (χ0n) is 10.3. The van der Waals surface area contributed by atoms with E-state index >= 15 is 0 Å². The van der Waals surface area contributed by atoms with Crippen LogP contribution in [0.5, 0.6) is 0 Å². The SMILES string of the molecule is CCCNc1ncc(Cl)c(NC2CC2CC)n1. The van der Waals surface area contributed by atoms with Crippen LogP contribution >= 0.6 is 11.6 Å². The first kappa shape index (κ1) is 12.4. The molecule has 2 rings (SSSR count). The molecular formula is C12H19ClN4. The average molecular weight is 255 g/mol. The third-order valence-corrected chi connectivity index (χ3v) is 3.32. The monoisotopic (exact) mass is 254 g/mol. The smallest absolute Gasteiger partial charge is 0.224 e. The molecule has 1 saturated carbocycles. The number of rotatable bonds is 6. The van der Waals surface area contributed by atoms with E-state index in [-0.39, 0.29) is 0 Å². The van der Waals surface area contributed by atoms with E-state index < -0.39 is 0 Å². The number of aromatic nitrogens is 2. The summed E-state index contributed by atoms with van der Waals surface area (Å²) in [5.41, 5.74) is 0. The minimum atomic E-state index is 0.534. The molecule has 17 heavy (non-hydrogen) atoms. The van der Waals surface area contributed by atoms with E-state index in [1.807, 2.05) is 0 Å². The van der Waals surface area contributed by atoms with Crippen LogP contribution in [0.4, 0.5) is 11.8 Å². The summed E-state index contributed by atoms with van der Waals surface area (Å²) < 4.78 is 0. The highest BCUT2D eigenvalue weighted by Gasteiger charge is 2.35. The summed E-state index contributed by atoms with van der Waals surface area (Å²) in [7, 11) is 0. The van der Waals surface area contributed by atoms with Gasteiger partial charge in [-0.3, -0.25) is 0 Å². The largest absolute Gasteiger partial charge is 0.366 e. The van der Waals surface area contributed by atoms with Crippen molar-refractivity contribution in [3.8, 4) is 0 Å². The summed E-state index contributed by atoms with van der Waals surface area (Å²) in [5.74, 6) is 2.17. The fourth-order valence-corrected chi connectivity index (χ4v) is 1.99. The first-order valence-electron chi connectivity index (χ1n) is 6.27. The van der Waals surface area contributed by atoms with Crippen molar-refractivity contribution in [3.05, 3.63) is 11.2 Å². The highest BCUT2D eigenvalue weighted by Crippen LogP contribution is 2.37. The third-order valence-electron chi connectivity index (χ3n) is 3.05. The van der Waals surface area contributed by atoms with E-state index in [1.54, 1.807) is 6.20 Å². The van der Waals surface area contributed by atoms with Crippen LogP contribution in [0.2, 0.25) is 5.02 Å². The Balaban J connectivity index is 1.99. The van der Waals surface area contributed by atoms with Crippen molar-refractivity contribution in [3.63, 3.8) is 0 Å². The Hall–Kier alpha value is -1.03. The molecule has 0 radical (unpaired) electrons. The van der Waals surface area contributed by atoms with Crippen LogP contribution < -0.4 is 10.6 Å². The molecule has 0 amide bonds. The summed E-state index contributed by atoms with van der Waals surface area (Å²) >= 11 is 6.08. The summed E-state index contributed by atoms with van der Waals surface area (Å²) in [4.78, 5) is 8.54. The van der Waals surface area contributed by atoms with Crippen molar-refractivity contribution in [2.24, 2.45) is 5.92 Å². The molecule has 1 heterocycles. The van der Waals surface area contributed by atoms with Crippen LogP contribution in [-0.4, -0.2) is 22.6 Å². The highest BCUT2D eigenvalue weighted by molar-refractivity contribution is 6.32. The van der Waals surface area contributed by atoms with Crippen LogP contribution in [-0.2, 0) is 0 Å². The Morgan fingerprint density at radius 1 is 1.47 bits per heavy atom. The number of nitrogens with zero attached hydrogens (tertiary/aromatic N) is 2. The maximum Gasteiger partial charge on any atom is 0.224 e. The lowest BCUT2D eigenvalue weighted by Gasteiger charge is -2.09. The molecule has 5 heteroatoms. The minimum absolute atomic E-state index is 0.534. The molecule has 0 bridgehead atoms. The number of anilines is 2. The van der Waals surface area contributed by atoms with Gasteiger partial charge in [-0.15, -0.1) is 0 Å². The van der Waals surface area contributed by atoms with Gasteiger partial charge in [0.15, 0.2) is 5.82 Å². The molecule has 1 fully saturated rings. The van der Waals surface area contributed by atoms with Crippen molar-refractivity contribution in [2.75, 3.05) is 17.2 Å². The molecule has 1 aromatic heterocycles. The summed E-state index contributed by atoms with van der Waals surface area (Å²) in [5, 5.41) is 7.13. The van der Waals surface area contributed by atoms with Crippen molar-refractivity contribution < 1.29 is 0 Å². The Morgan fingerprint density at radius 3 is 2.94 bits per heavy atom. The van der Waals surface area contributed by atoms with Gasteiger partial charge in [0.2, 0.25) is 5.95 Å². The van der Waals surface area contributed by atoms with E-state index in [1.165, 1.54) is 12.8 Å².